The van der Waals surface area contributed by atoms with Gasteiger partial charge in [-0.2, -0.15) is 0 Å². The average molecular weight is 473 g/mol. The van der Waals surface area contributed by atoms with E-state index in [0.717, 1.165) is 19.4 Å². The molecule has 142 valence electrons. The van der Waals surface area contributed by atoms with Crippen molar-refractivity contribution in [3.8, 4) is 0 Å². The number of halogens is 1. The maximum Gasteiger partial charge on any atom is 0.270 e. The molecule has 1 heterocycles. The van der Waals surface area contributed by atoms with Crippen LogP contribution in [0.15, 0.2) is 18.2 Å². The lowest BCUT2D eigenvalue weighted by Crippen LogP contribution is -2.43. The first kappa shape index (κ1) is 20.6. The fourth-order valence-electron chi connectivity index (χ4n) is 3.11. The van der Waals surface area contributed by atoms with Gasteiger partial charge < -0.3 is 9.80 Å². The maximum atomic E-state index is 12.8. The van der Waals surface area contributed by atoms with Gasteiger partial charge in [-0.1, -0.05) is 13.3 Å². The SMILES string of the molecule is CCCCN(C)C(=O)C1CCN(C(=O)c2cc([N+](=O)[O-])ccc2I)CC1. The third kappa shape index (κ3) is 4.93. The van der Waals surface area contributed by atoms with E-state index in [1.165, 1.54) is 12.1 Å². The van der Waals surface area contributed by atoms with Crippen molar-refractivity contribution in [3.05, 3.63) is 37.4 Å². The van der Waals surface area contributed by atoms with E-state index >= 15 is 0 Å². The second-order valence-corrected chi connectivity index (χ2v) is 7.76. The lowest BCUT2D eigenvalue weighted by atomic mass is 9.94. The van der Waals surface area contributed by atoms with Crippen LogP contribution >= 0.6 is 22.6 Å². The lowest BCUT2D eigenvalue weighted by Gasteiger charge is -2.33. The molecule has 1 saturated heterocycles. The Bertz CT molecular complexity index is 687. The molecule has 26 heavy (non-hydrogen) atoms. The molecule has 2 amide bonds. The Morgan fingerprint density at radius 3 is 2.58 bits per heavy atom. The third-order valence-corrected chi connectivity index (χ3v) is 5.69. The molecular weight excluding hydrogens is 449 g/mol. The number of rotatable bonds is 6. The number of piperidine rings is 1. The summed E-state index contributed by atoms with van der Waals surface area (Å²) in [6.45, 7) is 3.85. The van der Waals surface area contributed by atoms with Crippen molar-refractivity contribution < 1.29 is 14.5 Å². The van der Waals surface area contributed by atoms with Gasteiger partial charge in [0.05, 0.1) is 10.5 Å². The van der Waals surface area contributed by atoms with E-state index < -0.39 is 4.92 Å². The molecule has 1 aliphatic rings. The standard InChI is InChI=1S/C18H24IN3O4/c1-3-4-9-20(2)17(23)13-7-10-21(11-8-13)18(24)15-12-14(22(25)26)5-6-16(15)19/h5-6,12-13H,3-4,7-11H2,1-2H3. The molecule has 0 saturated carbocycles. The Hall–Kier alpha value is -1.71. The van der Waals surface area contributed by atoms with Crippen LogP contribution in [0.25, 0.3) is 0 Å². The average Bonchev–Trinajstić information content (AvgIpc) is 2.65. The van der Waals surface area contributed by atoms with Gasteiger partial charge in [-0.25, -0.2) is 0 Å². The van der Waals surface area contributed by atoms with Crippen LogP contribution in [0, 0.1) is 19.6 Å². The number of nitrogens with zero attached hydrogens (tertiary/aromatic N) is 3. The zero-order valence-corrected chi connectivity index (χ0v) is 17.3. The number of nitro benzene ring substituents is 1. The summed E-state index contributed by atoms with van der Waals surface area (Å²) in [6.07, 6.45) is 3.30. The zero-order valence-electron chi connectivity index (χ0n) is 15.1. The smallest absolute Gasteiger partial charge is 0.270 e. The molecule has 0 N–H and O–H groups in total. The molecule has 0 atom stereocenters. The Morgan fingerprint density at radius 1 is 1.35 bits per heavy atom. The van der Waals surface area contributed by atoms with Crippen molar-refractivity contribution in [1.29, 1.82) is 0 Å². The minimum Gasteiger partial charge on any atom is -0.346 e. The molecule has 0 aromatic heterocycles. The minimum absolute atomic E-state index is 0.0508. The van der Waals surface area contributed by atoms with E-state index in [2.05, 4.69) is 6.92 Å². The molecule has 0 bridgehead atoms. The number of carbonyl (C=O) groups is 2. The molecule has 2 rings (SSSR count). The van der Waals surface area contributed by atoms with Gasteiger partial charge in [-0.3, -0.25) is 19.7 Å². The maximum absolute atomic E-state index is 12.8. The summed E-state index contributed by atoms with van der Waals surface area (Å²) in [5.74, 6) is -0.107. The summed E-state index contributed by atoms with van der Waals surface area (Å²) in [4.78, 5) is 39.2. The van der Waals surface area contributed by atoms with E-state index in [-0.39, 0.29) is 23.4 Å². The molecule has 0 spiro atoms. The number of hydrogen-bond acceptors (Lipinski definition) is 4. The van der Waals surface area contributed by atoms with E-state index in [9.17, 15) is 19.7 Å². The van der Waals surface area contributed by atoms with Gasteiger partial charge in [0, 0.05) is 48.3 Å². The number of amides is 2. The lowest BCUT2D eigenvalue weighted by molar-refractivity contribution is -0.384. The van der Waals surface area contributed by atoms with Crippen LogP contribution < -0.4 is 0 Å². The van der Waals surface area contributed by atoms with Crippen LogP contribution in [-0.2, 0) is 4.79 Å². The summed E-state index contributed by atoms with van der Waals surface area (Å²) in [5, 5.41) is 11.0. The molecular formula is C18H24IN3O4. The number of likely N-dealkylation sites (tertiary alicyclic amines) is 1. The number of nitro groups is 1. The topological polar surface area (TPSA) is 83.8 Å². The first-order valence-corrected chi connectivity index (χ1v) is 9.91. The van der Waals surface area contributed by atoms with Gasteiger partial charge in [0.25, 0.3) is 11.6 Å². The fourth-order valence-corrected chi connectivity index (χ4v) is 3.67. The van der Waals surface area contributed by atoms with Crippen LogP contribution in [0.1, 0.15) is 43.0 Å². The highest BCUT2D eigenvalue weighted by Gasteiger charge is 2.30. The number of benzene rings is 1. The summed E-state index contributed by atoms with van der Waals surface area (Å²) >= 11 is 2.02. The van der Waals surface area contributed by atoms with Gasteiger partial charge in [0.1, 0.15) is 0 Å². The van der Waals surface area contributed by atoms with E-state index in [1.807, 2.05) is 29.6 Å². The zero-order chi connectivity index (χ0) is 19.3. The molecule has 7 nitrogen and oxygen atoms in total. The van der Waals surface area contributed by atoms with Crippen molar-refractivity contribution in [3.63, 3.8) is 0 Å². The van der Waals surface area contributed by atoms with Gasteiger partial charge >= 0.3 is 0 Å². The molecule has 1 fully saturated rings. The number of unbranched alkanes of at least 4 members (excludes halogenated alkanes) is 1. The molecule has 1 aromatic rings. The van der Waals surface area contributed by atoms with Gasteiger partial charge in [0.15, 0.2) is 0 Å². The number of non-ortho nitro benzene ring substituents is 1. The van der Waals surface area contributed by atoms with Gasteiger partial charge in [-0.05, 0) is 47.9 Å². The summed E-state index contributed by atoms with van der Waals surface area (Å²) in [5.41, 5.74) is 0.265. The van der Waals surface area contributed by atoms with Crippen molar-refractivity contribution in [1.82, 2.24) is 9.80 Å². The van der Waals surface area contributed by atoms with E-state index in [4.69, 9.17) is 0 Å². The van der Waals surface area contributed by atoms with Crippen molar-refractivity contribution in [2.75, 3.05) is 26.7 Å². The molecule has 8 heteroatoms. The van der Waals surface area contributed by atoms with Crippen LogP contribution in [0.3, 0.4) is 0 Å². The highest BCUT2D eigenvalue weighted by molar-refractivity contribution is 14.1. The summed E-state index contributed by atoms with van der Waals surface area (Å²) in [6, 6.07) is 4.32. The first-order chi connectivity index (χ1) is 12.3. The largest absolute Gasteiger partial charge is 0.346 e. The van der Waals surface area contributed by atoms with Gasteiger partial charge in [0.2, 0.25) is 5.91 Å². The Balaban J connectivity index is 1.99. The summed E-state index contributed by atoms with van der Waals surface area (Å²) < 4.78 is 0.690. The summed E-state index contributed by atoms with van der Waals surface area (Å²) in [7, 11) is 1.83. The molecule has 0 radical (unpaired) electrons. The Kier molecular flexibility index (Phi) is 7.36. The number of carbonyl (C=O) groups excluding carboxylic acids is 2. The van der Waals surface area contributed by atoms with Crippen molar-refractivity contribution in [2.45, 2.75) is 32.6 Å². The predicted octanol–water partition coefficient (Wildman–Crippen LogP) is 3.31. The van der Waals surface area contributed by atoms with Crippen LogP contribution in [0.2, 0.25) is 0 Å². The van der Waals surface area contributed by atoms with E-state index in [1.54, 1.807) is 15.9 Å². The monoisotopic (exact) mass is 473 g/mol. The molecule has 0 unspecified atom stereocenters. The Morgan fingerprint density at radius 2 is 2.00 bits per heavy atom. The van der Waals surface area contributed by atoms with Gasteiger partial charge in [-0.15, -0.1) is 0 Å². The second-order valence-electron chi connectivity index (χ2n) is 6.60. The van der Waals surface area contributed by atoms with Crippen LogP contribution in [-0.4, -0.2) is 53.2 Å². The molecule has 0 aliphatic carbocycles. The molecule has 1 aliphatic heterocycles. The molecule has 1 aromatic carbocycles. The van der Waals surface area contributed by atoms with E-state index in [0.29, 0.717) is 35.1 Å². The highest BCUT2D eigenvalue weighted by atomic mass is 127. The third-order valence-electron chi connectivity index (χ3n) is 4.75. The fraction of sp³-hybridized carbons (Fsp3) is 0.556. The van der Waals surface area contributed by atoms with Crippen molar-refractivity contribution >= 4 is 40.1 Å². The van der Waals surface area contributed by atoms with Crippen molar-refractivity contribution in [2.24, 2.45) is 5.92 Å². The second kappa shape index (κ2) is 9.29. The predicted molar refractivity (Wildman–Crippen MR) is 107 cm³/mol. The van der Waals surface area contributed by atoms with Crippen LogP contribution in [0.4, 0.5) is 5.69 Å². The van der Waals surface area contributed by atoms with Crippen LogP contribution in [0.5, 0.6) is 0 Å². The number of hydrogen-bond donors (Lipinski definition) is 0. The normalized spacial score (nSPS) is 15.0. The highest BCUT2D eigenvalue weighted by Crippen LogP contribution is 2.25. The quantitative estimate of drug-likeness (QED) is 0.361. The first-order valence-electron chi connectivity index (χ1n) is 8.83. The Labute approximate surface area is 167 Å². The minimum atomic E-state index is -0.496.